The van der Waals surface area contributed by atoms with Crippen molar-refractivity contribution >= 4 is 21.9 Å². The molecule has 2 aromatic heterocycles. The zero-order valence-corrected chi connectivity index (χ0v) is 12.0. The van der Waals surface area contributed by atoms with E-state index in [0.29, 0.717) is 0 Å². The SMILES string of the molecule is Cc1cc2ccccc2nc1-n1c(C)nc2ccccc21. The van der Waals surface area contributed by atoms with Crippen molar-refractivity contribution in [3.05, 3.63) is 66.0 Å². The highest BCUT2D eigenvalue weighted by Gasteiger charge is 2.12. The third-order valence-corrected chi connectivity index (χ3v) is 3.83. The molecule has 0 aliphatic heterocycles. The minimum absolute atomic E-state index is 0.958. The Kier molecular flexibility index (Phi) is 2.54. The minimum Gasteiger partial charge on any atom is -0.280 e. The van der Waals surface area contributed by atoms with E-state index in [0.717, 1.165) is 33.8 Å². The molecule has 0 spiro atoms. The number of imidazole rings is 1. The molecule has 4 aromatic rings. The monoisotopic (exact) mass is 273 g/mol. The number of fused-ring (bicyclic) bond motifs is 2. The second kappa shape index (κ2) is 4.42. The Morgan fingerprint density at radius 2 is 1.52 bits per heavy atom. The van der Waals surface area contributed by atoms with Crippen molar-refractivity contribution < 1.29 is 0 Å². The Morgan fingerprint density at radius 1 is 0.810 bits per heavy atom. The average Bonchev–Trinajstić information content (AvgIpc) is 2.82. The third-order valence-electron chi connectivity index (χ3n) is 3.83. The van der Waals surface area contributed by atoms with Crippen LogP contribution in [0, 0.1) is 13.8 Å². The summed E-state index contributed by atoms with van der Waals surface area (Å²) in [6.45, 7) is 4.12. The molecule has 0 bridgehead atoms. The van der Waals surface area contributed by atoms with Gasteiger partial charge in [0.05, 0.1) is 16.6 Å². The molecule has 0 aliphatic rings. The predicted molar refractivity (Wildman–Crippen MR) is 85.8 cm³/mol. The molecule has 0 N–H and O–H groups in total. The van der Waals surface area contributed by atoms with Gasteiger partial charge in [-0.1, -0.05) is 30.3 Å². The lowest BCUT2D eigenvalue weighted by atomic mass is 10.1. The summed E-state index contributed by atoms with van der Waals surface area (Å²) in [6.07, 6.45) is 0. The van der Waals surface area contributed by atoms with Gasteiger partial charge in [0.15, 0.2) is 0 Å². The molecule has 3 heteroatoms. The lowest BCUT2D eigenvalue weighted by Crippen LogP contribution is -2.03. The molecule has 0 radical (unpaired) electrons. The molecule has 0 fully saturated rings. The van der Waals surface area contributed by atoms with Crippen LogP contribution in [0.4, 0.5) is 0 Å². The van der Waals surface area contributed by atoms with Gasteiger partial charge in [0.2, 0.25) is 0 Å². The molecule has 0 unspecified atom stereocenters. The van der Waals surface area contributed by atoms with Gasteiger partial charge in [0.1, 0.15) is 11.6 Å². The lowest BCUT2D eigenvalue weighted by molar-refractivity contribution is 0.953. The summed E-state index contributed by atoms with van der Waals surface area (Å²) in [5, 5.41) is 1.17. The number of para-hydroxylation sites is 3. The van der Waals surface area contributed by atoms with Crippen molar-refractivity contribution in [1.29, 1.82) is 0 Å². The number of aryl methyl sites for hydroxylation is 2. The van der Waals surface area contributed by atoms with Crippen molar-refractivity contribution in [2.45, 2.75) is 13.8 Å². The summed E-state index contributed by atoms with van der Waals surface area (Å²) in [7, 11) is 0. The molecular weight excluding hydrogens is 258 g/mol. The zero-order chi connectivity index (χ0) is 14.4. The zero-order valence-electron chi connectivity index (χ0n) is 12.0. The third kappa shape index (κ3) is 1.82. The molecule has 0 atom stereocenters. The number of hydrogen-bond donors (Lipinski definition) is 0. The number of hydrogen-bond acceptors (Lipinski definition) is 2. The van der Waals surface area contributed by atoms with Gasteiger partial charge in [-0.3, -0.25) is 4.57 Å². The molecule has 21 heavy (non-hydrogen) atoms. The number of pyridine rings is 1. The summed E-state index contributed by atoms with van der Waals surface area (Å²) in [5.74, 6) is 1.92. The highest BCUT2D eigenvalue weighted by atomic mass is 15.1. The lowest BCUT2D eigenvalue weighted by Gasteiger charge is -2.11. The molecular formula is C18H15N3. The molecule has 0 aliphatic carbocycles. The van der Waals surface area contributed by atoms with Crippen LogP contribution in [0.2, 0.25) is 0 Å². The molecule has 2 heterocycles. The van der Waals surface area contributed by atoms with E-state index in [2.05, 4.69) is 34.7 Å². The second-order valence-electron chi connectivity index (χ2n) is 5.30. The van der Waals surface area contributed by atoms with Gasteiger partial charge >= 0.3 is 0 Å². The van der Waals surface area contributed by atoms with E-state index in [1.807, 2.05) is 43.3 Å². The van der Waals surface area contributed by atoms with Crippen LogP contribution in [0.25, 0.3) is 27.8 Å². The van der Waals surface area contributed by atoms with E-state index < -0.39 is 0 Å². The first kappa shape index (κ1) is 12.1. The highest BCUT2D eigenvalue weighted by molar-refractivity contribution is 5.82. The maximum absolute atomic E-state index is 4.85. The first-order valence-corrected chi connectivity index (χ1v) is 7.05. The Labute approximate surface area is 122 Å². The largest absolute Gasteiger partial charge is 0.280 e. The van der Waals surface area contributed by atoms with Crippen molar-refractivity contribution in [2.75, 3.05) is 0 Å². The van der Waals surface area contributed by atoms with Gasteiger partial charge in [0.25, 0.3) is 0 Å². The Bertz CT molecular complexity index is 967. The summed E-state index contributed by atoms with van der Waals surface area (Å²) < 4.78 is 2.14. The van der Waals surface area contributed by atoms with Crippen LogP contribution >= 0.6 is 0 Å². The van der Waals surface area contributed by atoms with Crippen LogP contribution in [0.15, 0.2) is 54.6 Å². The van der Waals surface area contributed by atoms with Crippen molar-refractivity contribution in [3.8, 4) is 5.82 Å². The number of nitrogens with zero attached hydrogens (tertiary/aromatic N) is 3. The second-order valence-corrected chi connectivity index (χ2v) is 5.30. The fraction of sp³-hybridized carbons (Fsp3) is 0.111. The van der Waals surface area contributed by atoms with Gasteiger partial charge in [0, 0.05) is 5.39 Å². The molecule has 0 saturated heterocycles. The van der Waals surface area contributed by atoms with Crippen LogP contribution < -0.4 is 0 Å². The molecule has 0 amide bonds. The van der Waals surface area contributed by atoms with E-state index in [9.17, 15) is 0 Å². The Morgan fingerprint density at radius 3 is 2.38 bits per heavy atom. The van der Waals surface area contributed by atoms with Crippen molar-refractivity contribution in [1.82, 2.24) is 14.5 Å². The van der Waals surface area contributed by atoms with E-state index in [4.69, 9.17) is 4.98 Å². The Balaban J connectivity index is 2.08. The summed E-state index contributed by atoms with van der Waals surface area (Å²) >= 11 is 0. The van der Waals surface area contributed by atoms with E-state index >= 15 is 0 Å². The van der Waals surface area contributed by atoms with E-state index in [1.165, 1.54) is 5.39 Å². The van der Waals surface area contributed by atoms with Crippen LogP contribution in [-0.2, 0) is 0 Å². The fourth-order valence-corrected chi connectivity index (χ4v) is 2.85. The van der Waals surface area contributed by atoms with E-state index in [1.54, 1.807) is 0 Å². The average molecular weight is 273 g/mol. The summed E-state index contributed by atoms with van der Waals surface area (Å²) in [5.41, 5.74) is 4.26. The quantitative estimate of drug-likeness (QED) is 0.520. The van der Waals surface area contributed by atoms with Gasteiger partial charge < -0.3 is 0 Å². The molecule has 3 nitrogen and oxygen atoms in total. The molecule has 0 saturated carbocycles. The standard InChI is InChI=1S/C18H15N3/c1-12-11-14-7-3-4-8-15(14)20-18(12)21-13(2)19-16-9-5-6-10-17(16)21/h3-11H,1-2H3. The van der Waals surface area contributed by atoms with E-state index in [-0.39, 0.29) is 0 Å². The van der Waals surface area contributed by atoms with Gasteiger partial charge in [-0.2, -0.15) is 0 Å². The maximum Gasteiger partial charge on any atom is 0.142 e. The van der Waals surface area contributed by atoms with Crippen LogP contribution in [0.5, 0.6) is 0 Å². The normalized spacial score (nSPS) is 11.3. The maximum atomic E-state index is 4.85. The topological polar surface area (TPSA) is 30.7 Å². The number of rotatable bonds is 1. The summed E-state index contributed by atoms with van der Waals surface area (Å²) in [6, 6.07) is 18.6. The highest BCUT2D eigenvalue weighted by Crippen LogP contribution is 2.24. The van der Waals surface area contributed by atoms with Crippen LogP contribution in [0.1, 0.15) is 11.4 Å². The van der Waals surface area contributed by atoms with Crippen LogP contribution in [0.3, 0.4) is 0 Å². The Hall–Kier alpha value is -2.68. The minimum atomic E-state index is 0.958. The fourth-order valence-electron chi connectivity index (χ4n) is 2.85. The van der Waals surface area contributed by atoms with Gasteiger partial charge in [-0.15, -0.1) is 0 Å². The van der Waals surface area contributed by atoms with Crippen LogP contribution in [-0.4, -0.2) is 14.5 Å². The first-order valence-electron chi connectivity index (χ1n) is 7.05. The molecule has 102 valence electrons. The first-order chi connectivity index (χ1) is 10.2. The number of aromatic nitrogens is 3. The number of benzene rings is 2. The van der Waals surface area contributed by atoms with Crippen molar-refractivity contribution in [2.24, 2.45) is 0 Å². The molecule has 4 rings (SSSR count). The molecule has 2 aromatic carbocycles. The van der Waals surface area contributed by atoms with Gasteiger partial charge in [-0.05, 0) is 43.7 Å². The summed E-state index contributed by atoms with van der Waals surface area (Å²) in [4.78, 5) is 9.48. The van der Waals surface area contributed by atoms with Crippen molar-refractivity contribution in [3.63, 3.8) is 0 Å². The van der Waals surface area contributed by atoms with Gasteiger partial charge in [-0.25, -0.2) is 9.97 Å². The predicted octanol–water partition coefficient (Wildman–Crippen LogP) is 4.19. The smallest absolute Gasteiger partial charge is 0.142 e.